The summed E-state index contributed by atoms with van der Waals surface area (Å²) in [5, 5.41) is 0. The van der Waals surface area contributed by atoms with Gasteiger partial charge in [-0.3, -0.25) is 0 Å². The van der Waals surface area contributed by atoms with Gasteiger partial charge in [0.05, 0.1) is 6.04 Å². The molecule has 1 saturated heterocycles. The normalized spacial score (nSPS) is 17.8. The average Bonchev–Trinajstić information content (AvgIpc) is 2.98. The maximum absolute atomic E-state index is 12.4. The Labute approximate surface area is 132 Å². The molecule has 0 saturated carbocycles. The Kier molecular flexibility index (Phi) is 4.25. The molecule has 1 aliphatic heterocycles. The molecule has 3 rings (SSSR count). The van der Waals surface area contributed by atoms with E-state index in [1.807, 2.05) is 35.2 Å². The van der Waals surface area contributed by atoms with Crippen molar-refractivity contribution in [1.29, 1.82) is 0 Å². The summed E-state index contributed by atoms with van der Waals surface area (Å²) in [5.74, 6) is 0.586. The van der Waals surface area contributed by atoms with Crippen molar-refractivity contribution in [2.24, 2.45) is 0 Å². The van der Waals surface area contributed by atoms with Crippen LogP contribution in [0, 0.1) is 0 Å². The molecule has 0 N–H and O–H groups in total. The first-order chi connectivity index (χ1) is 10.2. The zero-order chi connectivity index (χ0) is 14.7. The summed E-state index contributed by atoms with van der Waals surface area (Å²) in [6.45, 7) is 0.739. The molecule has 2 aromatic rings. The number of halogens is 1. The number of ether oxygens (including phenoxy) is 1. The Morgan fingerprint density at radius 3 is 2.71 bits per heavy atom. The number of benzene rings is 2. The molecule has 1 amide bonds. The minimum Gasteiger partial charge on any atom is -0.410 e. The van der Waals surface area contributed by atoms with Gasteiger partial charge in [-0.25, -0.2) is 4.79 Å². The fourth-order valence-electron chi connectivity index (χ4n) is 2.69. The number of para-hydroxylation sites is 1. The van der Waals surface area contributed by atoms with E-state index in [1.54, 1.807) is 12.1 Å². The van der Waals surface area contributed by atoms with Gasteiger partial charge in [-0.1, -0.05) is 46.3 Å². The fourth-order valence-corrected chi connectivity index (χ4v) is 3.11. The van der Waals surface area contributed by atoms with Gasteiger partial charge in [0.1, 0.15) is 5.75 Å². The van der Waals surface area contributed by atoms with E-state index in [1.165, 1.54) is 0 Å². The van der Waals surface area contributed by atoms with Crippen LogP contribution in [0.25, 0.3) is 0 Å². The first-order valence-corrected chi connectivity index (χ1v) is 7.82. The highest BCUT2D eigenvalue weighted by molar-refractivity contribution is 9.10. The summed E-state index contributed by atoms with van der Waals surface area (Å²) < 4.78 is 6.49. The van der Waals surface area contributed by atoms with Crippen LogP contribution < -0.4 is 4.74 Å². The number of amides is 1. The Morgan fingerprint density at radius 1 is 1.14 bits per heavy atom. The topological polar surface area (TPSA) is 29.5 Å². The number of nitrogens with zero attached hydrogens (tertiary/aromatic N) is 1. The third kappa shape index (κ3) is 3.27. The van der Waals surface area contributed by atoms with Gasteiger partial charge < -0.3 is 9.64 Å². The quantitative estimate of drug-likeness (QED) is 0.783. The van der Waals surface area contributed by atoms with E-state index in [0.717, 1.165) is 29.4 Å². The van der Waals surface area contributed by atoms with Crippen molar-refractivity contribution in [2.75, 3.05) is 6.54 Å². The van der Waals surface area contributed by atoms with E-state index in [4.69, 9.17) is 4.74 Å². The second kappa shape index (κ2) is 6.31. The lowest BCUT2D eigenvalue weighted by Gasteiger charge is -2.24. The van der Waals surface area contributed by atoms with Crippen LogP contribution in [-0.2, 0) is 0 Å². The molecule has 0 bridgehead atoms. The minimum absolute atomic E-state index is 0.0960. The van der Waals surface area contributed by atoms with E-state index in [0.29, 0.717) is 5.75 Å². The lowest BCUT2D eigenvalue weighted by molar-refractivity contribution is 0.147. The standard InChI is InChI=1S/C17H16BrNO2/c18-14-7-4-6-13(12-14)16-10-5-11-19(16)17(20)21-15-8-2-1-3-9-15/h1-4,6-9,12,16H,5,10-11H2. The molecule has 2 aromatic carbocycles. The van der Waals surface area contributed by atoms with Crippen molar-refractivity contribution in [2.45, 2.75) is 18.9 Å². The van der Waals surface area contributed by atoms with Gasteiger partial charge in [0, 0.05) is 11.0 Å². The van der Waals surface area contributed by atoms with Crippen LogP contribution >= 0.6 is 15.9 Å². The Bertz CT molecular complexity index is 630. The molecular formula is C17H16BrNO2. The summed E-state index contributed by atoms with van der Waals surface area (Å²) in [5.41, 5.74) is 1.15. The van der Waals surface area contributed by atoms with Crippen molar-refractivity contribution in [3.63, 3.8) is 0 Å². The van der Waals surface area contributed by atoms with Gasteiger partial charge in [-0.05, 0) is 42.7 Å². The molecule has 1 fully saturated rings. The third-order valence-electron chi connectivity index (χ3n) is 3.67. The smallest absolute Gasteiger partial charge is 0.410 e. The highest BCUT2D eigenvalue weighted by Gasteiger charge is 2.31. The van der Waals surface area contributed by atoms with E-state index >= 15 is 0 Å². The molecule has 108 valence electrons. The third-order valence-corrected chi connectivity index (χ3v) is 4.16. The second-order valence-electron chi connectivity index (χ2n) is 5.09. The van der Waals surface area contributed by atoms with Crippen molar-refractivity contribution in [3.05, 3.63) is 64.6 Å². The fraction of sp³-hybridized carbons (Fsp3) is 0.235. The van der Waals surface area contributed by atoms with Gasteiger partial charge in [-0.15, -0.1) is 0 Å². The average molecular weight is 346 g/mol. The van der Waals surface area contributed by atoms with Gasteiger partial charge >= 0.3 is 6.09 Å². The summed E-state index contributed by atoms with van der Waals surface area (Å²) in [7, 11) is 0. The molecule has 0 aromatic heterocycles. The zero-order valence-electron chi connectivity index (χ0n) is 11.5. The van der Waals surface area contributed by atoms with Crippen LogP contribution in [0.4, 0.5) is 4.79 Å². The van der Waals surface area contributed by atoms with Crippen molar-refractivity contribution >= 4 is 22.0 Å². The van der Waals surface area contributed by atoms with Crippen molar-refractivity contribution in [3.8, 4) is 5.75 Å². The zero-order valence-corrected chi connectivity index (χ0v) is 13.1. The van der Waals surface area contributed by atoms with E-state index in [-0.39, 0.29) is 12.1 Å². The monoisotopic (exact) mass is 345 g/mol. The molecule has 1 aliphatic rings. The number of hydrogen-bond acceptors (Lipinski definition) is 2. The maximum atomic E-state index is 12.4. The first kappa shape index (κ1) is 14.1. The molecule has 0 spiro atoms. The van der Waals surface area contributed by atoms with E-state index in [2.05, 4.69) is 28.1 Å². The first-order valence-electron chi connectivity index (χ1n) is 7.03. The Balaban J connectivity index is 1.76. The van der Waals surface area contributed by atoms with Crippen LogP contribution in [0.3, 0.4) is 0 Å². The van der Waals surface area contributed by atoms with Crippen LogP contribution in [0.1, 0.15) is 24.4 Å². The largest absolute Gasteiger partial charge is 0.415 e. The second-order valence-corrected chi connectivity index (χ2v) is 6.00. The summed E-state index contributed by atoms with van der Waals surface area (Å²) in [4.78, 5) is 14.2. The van der Waals surface area contributed by atoms with E-state index < -0.39 is 0 Å². The molecule has 0 radical (unpaired) electrons. The van der Waals surface area contributed by atoms with Crippen molar-refractivity contribution < 1.29 is 9.53 Å². The highest BCUT2D eigenvalue weighted by Crippen LogP contribution is 2.33. The number of likely N-dealkylation sites (tertiary alicyclic amines) is 1. The molecule has 21 heavy (non-hydrogen) atoms. The van der Waals surface area contributed by atoms with Gasteiger partial charge in [-0.2, -0.15) is 0 Å². The highest BCUT2D eigenvalue weighted by atomic mass is 79.9. The number of carbonyl (C=O) groups excluding carboxylic acids is 1. The molecule has 4 heteroatoms. The number of rotatable bonds is 2. The molecule has 1 heterocycles. The van der Waals surface area contributed by atoms with Crippen LogP contribution in [-0.4, -0.2) is 17.5 Å². The van der Waals surface area contributed by atoms with Gasteiger partial charge in [0.15, 0.2) is 0 Å². The van der Waals surface area contributed by atoms with Crippen LogP contribution in [0.15, 0.2) is 59.1 Å². The van der Waals surface area contributed by atoms with Gasteiger partial charge in [0.25, 0.3) is 0 Å². The molecule has 3 nitrogen and oxygen atoms in total. The predicted octanol–water partition coefficient (Wildman–Crippen LogP) is 4.79. The lowest BCUT2D eigenvalue weighted by atomic mass is 10.1. The Morgan fingerprint density at radius 2 is 1.95 bits per heavy atom. The van der Waals surface area contributed by atoms with E-state index in [9.17, 15) is 4.79 Å². The maximum Gasteiger partial charge on any atom is 0.415 e. The Hall–Kier alpha value is -1.81. The number of hydrogen-bond donors (Lipinski definition) is 0. The predicted molar refractivity (Wildman–Crippen MR) is 85.3 cm³/mol. The lowest BCUT2D eigenvalue weighted by Crippen LogP contribution is -2.33. The molecule has 1 atom stereocenters. The summed E-state index contributed by atoms with van der Waals surface area (Å²) >= 11 is 3.49. The summed E-state index contributed by atoms with van der Waals surface area (Å²) in [6.07, 6.45) is 1.70. The molecule has 0 aliphatic carbocycles. The number of carbonyl (C=O) groups is 1. The van der Waals surface area contributed by atoms with Crippen molar-refractivity contribution in [1.82, 2.24) is 4.90 Å². The van der Waals surface area contributed by atoms with Crippen LogP contribution in [0.5, 0.6) is 5.75 Å². The SMILES string of the molecule is O=C(Oc1ccccc1)N1CCCC1c1cccc(Br)c1. The molecular weight excluding hydrogens is 330 g/mol. The minimum atomic E-state index is -0.274. The molecule has 1 unspecified atom stereocenters. The van der Waals surface area contributed by atoms with Crippen LogP contribution in [0.2, 0.25) is 0 Å². The summed E-state index contributed by atoms with van der Waals surface area (Å²) in [6, 6.07) is 17.4. The van der Waals surface area contributed by atoms with Gasteiger partial charge in [0.2, 0.25) is 0 Å².